The van der Waals surface area contributed by atoms with E-state index >= 15 is 0 Å². The number of hydrogen-bond acceptors (Lipinski definition) is 5. The largest absolute Gasteiger partial charge is 0.493 e. The monoisotopic (exact) mass is 395 g/mol. The number of nitrogens with zero attached hydrogens (tertiary/aromatic N) is 2. The molecule has 0 radical (unpaired) electrons. The van der Waals surface area contributed by atoms with E-state index in [0.717, 1.165) is 5.56 Å². The van der Waals surface area contributed by atoms with E-state index in [0.29, 0.717) is 44.9 Å². The van der Waals surface area contributed by atoms with Gasteiger partial charge in [0.05, 0.1) is 18.7 Å². The van der Waals surface area contributed by atoms with E-state index in [9.17, 15) is 0 Å². The molecule has 1 aromatic heterocycles. The fourth-order valence-corrected chi connectivity index (χ4v) is 3.25. The van der Waals surface area contributed by atoms with Gasteiger partial charge in [-0.15, -0.1) is 5.10 Å². The summed E-state index contributed by atoms with van der Waals surface area (Å²) in [6.45, 7) is 0.511. The zero-order valence-corrected chi connectivity index (χ0v) is 15.7. The van der Waals surface area contributed by atoms with Crippen LogP contribution in [0, 0.1) is 0 Å². The lowest BCUT2D eigenvalue weighted by atomic mass is 10.2. The number of rotatable bonds is 7. The highest BCUT2D eigenvalue weighted by Gasteiger charge is 2.10. The maximum Gasteiger partial charge on any atom is 0.208 e. The van der Waals surface area contributed by atoms with Crippen LogP contribution in [0.2, 0.25) is 10.0 Å². The molecule has 3 aromatic rings. The first-order valence-corrected chi connectivity index (χ1v) is 9.18. The second-order valence-corrected chi connectivity index (χ2v) is 6.84. The zero-order valence-electron chi connectivity index (χ0n) is 13.3. The van der Waals surface area contributed by atoms with Gasteiger partial charge in [-0.3, -0.25) is 5.10 Å². The first-order chi connectivity index (χ1) is 12.2. The Balaban J connectivity index is 1.55. The number of methoxy groups -OCH3 is 1. The van der Waals surface area contributed by atoms with Crippen LogP contribution >= 0.6 is 35.0 Å². The molecule has 0 fully saturated rings. The lowest BCUT2D eigenvalue weighted by molar-refractivity contribution is 0.313. The Kier molecular flexibility index (Phi) is 6.07. The molecule has 0 aliphatic rings. The van der Waals surface area contributed by atoms with Gasteiger partial charge in [0.2, 0.25) is 5.16 Å². The summed E-state index contributed by atoms with van der Waals surface area (Å²) in [4.78, 5) is 4.44. The van der Waals surface area contributed by atoms with Gasteiger partial charge in [-0.25, -0.2) is 4.98 Å². The van der Waals surface area contributed by atoms with Crippen molar-refractivity contribution in [3.63, 3.8) is 0 Å². The highest BCUT2D eigenvalue weighted by Crippen LogP contribution is 2.29. The van der Waals surface area contributed by atoms with Gasteiger partial charge in [0.1, 0.15) is 0 Å². The summed E-state index contributed by atoms with van der Waals surface area (Å²) < 4.78 is 11.0. The minimum atomic E-state index is 0.511. The van der Waals surface area contributed by atoms with E-state index in [2.05, 4.69) is 15.2 Å². The quantitative estimate of drug-likeness (QED) is 0.452. The zero-order chi connectivity index (χ0) is 17.6. The normalized spacial score (nSPS) is 10.7. The lowest BCUT2D eigenvalue weighted by Crippen LogP contribution is -2.01. The number of benzene rings is 2. The maximum atomic E-state index is 6.19. The van der Waals surface area contributed by atoms with Crippen LogP contribution in [0.3, 0.4) is 0 Å². The molecule has 1 heterocycles. The third kappa shape index (κ3) is 4.60. The second kappa shape index (κ2) is 8.47. The van der Waals surface area contributed by atoms with Gasteiger partial charge in [-0.1, -0.05) is 47.1 Å². The van der Waals surface area contributed by atoms with Gasteiger partial charge in [-0.2, -0.15) is 0 Å². The summed E-state index contributed by atoms with van der Waals surface area (Å²) in [6, 6.07) is 12.8. The van der Waals surface area contributed by atoms with Gasteiger partial charge in [0.15, 0.2) is 17.3 Å². The second-order valence-electron chi connectivity index (χ2n) is 4.94. The van der Waals surface area contributed by atoms with Gasteiger partial charge >= 0.3 is 0 Å². The summed E-state index contributed by atoms with van der Waals surface area (Å²) in [7, 11) is 1.62. The van der Waals surface area contributed by atoms with Crippen molar-refractivity contribution in [1.82, 2.24) is 15.2 Å². The van der Waals surface area contributed by atoms with E-state index in [1.807, 2.05) is 30.3 Å². The molecular formula is C17H15Cl2N3O2S. The number of aromatic nitrogens is 3. The summed E-state index contributed by atoms with van der Waals surface area (Å²) >= 11 is 13.6. The number of thioether (sulfide) groups is 1. The van der Waals surface area contributed by atoms with E-state index in [1.54, 1.807) is 19.2 Å². The van der Waals surface area contributed by atoms with Crippen LogP contribution in [0.25, 0.3) is 11.4 Å². The van der Waals surface area contributed by atoms with Gasteiger partial charge in [0.25, 0.3) is 0 Å². The van der Waals surface area contributed by atoms with E-state index in [4.69, 9.17) is 32.7 Å². The Morgan fingerprint density at radius 1 is 1.12 bits per heavy atom. The first-order valence-electron chi connectivity index (χ1n) is 7.44. The van der Waals surface area contributed by atoms with Crippen LogP contribution in [-0.4, -0.2) is 34.7 Å². The summed E-state index contributed by atoms with van der Waals surface area (Å²) in [5.74, 6) is 2.73. The van der Waals surface area contributed by atoms with Crippen molar-refractivity contribution in [2.45, 2.75) is 5.16 Å². The van der Waals surface area contributed by atoms with Crippen LogP contribution in [-0.2, 0) is 0 Å². The molecule has 0 atom stereocenters. The molecule has 0 spiro atoms. The number of hydrogen-bond donors (Lipinski definition) is 1. The van der Waals surface area contributed by atoms with Crippen molar-refractivity contribution < 1.29 is 9.47 Å². The number of nitrogens with one attached hydrogen (secondary N) is 1. The number of H-pyrrole nitrogens is 1. The molecule has 2 aromatic carbocycles. The topological polar surface area (TPSA) is 60.0 Å². The van der Waals surface area contributed by atoms with Crippen molar-refractivity contribution in [3.8, 4) is 22.9 Å². The molecule has 1 N–H and O–H groups in total. The van der Waals surface area contributed by atoms with Crippen LogP contribution < -0.4 is 9.47 Å². The molecule has 0 bridgehead atoms. The van der Waals surface area contributed by atoms with E-state index in [1.165, 1.54) is 11.8 Å². The van der Waals surface area contributed by atoms with Crippen molar-refractivity contribution in [2.75, 3.05) is 19.5 Å². The first kappa shape index (κ1) is 17.9. The molecule has 0 aliphatic carbocycles. The summed E-state index contributed by atoms with van der Waals surface area (Å²) in [6.07, 6.45) is 0. The van der Waals surface area contributed by atoms with E-state index < -0.39 is 0 Å². The number of para-hydroxylation sites is 2. The van der Waals surface area contributed by atoms with E-state index in [-0.39, 0.29) is 0 Å². The molecule has 25 heavy (non-hydrogen) atoms. The van der Waals surface area contributed by atoms with Crippen LogP contribution in [0.15, 0.2) is 47.6 Å². The fourth-order valence-electron chi connectivity index (χ4n) is 2.14. The SMILES string of the molecule is COc1ccccc1OCCSc1n[nH]c(-c2ccc(Cl)cc2Cl)n1. The van der Waals surface area contributed by atoms with Crippen LogP contribution in [0.5, 0.6) is 11.5 Å². The minimum absolute atomic E-state index is 0.511. The van der Waals surface area contributed by atoms with Crippen LogP contribution in [0.1, 0.15) is 0 Å². The minimum Gasteiger partial charge on any atom is -0.493 e. The standard InChI is InChI=1S/C17H15Cl2N3O2S/c1-23-14-4-2-3-5-15(14)24-8-9-25-17-20-16(21-22-17)12-7-6-11(18)10-13(12)19/h2-7,10H,8-9H2,1H3,(H,20,21,22). The maximum absolute atomic E-state index is 6.19. The van der Waals surface area contributed by atoms with Crippen molar-refractivity contribution in [1.29, 1.82) is 0 Å². The Labute approximate surface area is 159 Å². The molecule has 130 valence electrons. The average molecular weight is 396 g/mol. The molecule has 8 heteroatoms. The molecule has 5 nitrogen and oxygen atoms in total. The predicted molar refractivity (Wildman–Crippen MR) is 101 cm³/mol. The third-order valence-electron chi connectivity index (χ3n) is 3.29. The molecule has 0 saturated carbocycles. The van der Waals surface area contributed by atoms with Gasteiger partial charge in [0, 0.05) is 16.3 Å². The highest BCUT2D eigenvalue weighted by molar-refractivity contribution is 7.99. The van der Waals surface area contributed by atoms with Gasteiger partial charge < -0.3 is 9.47 Å². The Morgan fingerprint density at radius 3 is 2.68 bits per heavy atom. The summed E-state index contributed by atoms with van der Waals surface area (Å²) in [5, 5.41) is 8.82. The molecule has 0 unspecified atom stereocenters. The van der Waals surface area contributed by atoms with Gasteiger partial charge in [-0.05, 0) is 30.3 Å². The average Bonchev–Trinajstić information content (AvgIpc) is 3.07. The van der Waals surface area contributed by atoms with Crippen LogP contribution in [0.4, 0.5) is 0 Å². The lowest BCUT2D eigenvalue weighted by Gasteiger charge is -2.09. The molecule has 0 aliphatic heterocycles. The predicted octanol–water partition coefficient (Wildman–Crippen LogP) is 4.96. The fraction of sp³-hybridized carbons (Fsp3) is 0.176. The molecular weight excluding hydrogens is 381 g/mol. The molecule has 0 amide bonds. The number of halogens is 2. The van der Waals surface area contributed by atoms with Crippen molar-refractivity contribution >= 4 is 35.0 Å². The number of aromatic amines is 1. The summed E-state index contributed by atoms with van der Waals surface area (Å²) in [5.41, 5.74) is 0.760. The Bertz CT molecular complexity index is 857. The highest BCUT2D eigenvalue weighted by atomic mass is 35.5. The Morgan fingerprint density at radius 2 is 1.92 bits per heavy atom. The smallest absolute Gasteiger partial charge is 0.208 e. The third-order valence-corrected chi connectivity index (χ3v) is 4.65. The Hall–Kier alpha value is -1.89. The number of ether oxygens (including phenoxy) is 2. The molecule has 3 rings (SSSR count). The van der Waals surface area contributed by atoms with Crippen molar-refractivity contribution in [3.05, 3.63) is 52.5 Å². The molecule has 0 saturated heterocycles. The van der Waals surface area contributed by atoms with Crippen molar-refractivity contribution in [2.24, 2.45) is 0 Å².